The number of hydrogen-bond donors (Lipinski definition) is 1. The highest BCUT2D eigenvalue weighted by Gasteiger charge is 2.20. The number of anilines is 1. The molecule has 3 aromatic carbocycles. The van der Waals surface area contributed by atoms with Gasteiger partial charge in [0.05, 0.1) is 19.4 Å². The van der Waals surface area contributed by atoms with Gasteiger partial charge in [-0.3, -0.25) is 4.72 Å². The zero-order valence-corrected chi connectivity index (χ0v) is 16.1. The van der Waals surface area contributed by atoms with Crippen molar-refractivity contribution in [2.45, 2.75) is 11.3 Å². The summed E-state index contributed by atoms with van der Waals surface area (Å²) in [5.74, 6) is -0.0781. The third-order valence-corrected chi connectivity index (χ3v) is 5.41. The van der Waals surface area contributed by atoms with Gasteiger partial charge in [0, 0.05) is 12.5 Å². The maximum atomic E-state index is 13.5. The summed E-state index contributed by atoms with van der Waals surface area (Å²) in [5, 5.41) is 0. The monoisotopic (exact) mass is 401 g/mol. The van der Waals surface area contributed by atoms with Gasteiger partial charge in [-0.2, -0.15) is 0 Å². The van der Waals surface area contributed by atoms with Crippen LogP contribution >= 0.6 is 0 Å². The fraction of sp³-hybridized carbons (Fsp3) is 0.143. The number of hydrogen-bond acceptors (Lipinski definition) is 4. The van der Waals surface area contributed by atoms with Crippen LogP contribution in [0.3, 0.4) is 0 Å². The molecule has 3 rings (SSSR count). The molecule has 0 aliphatic heterocycles. The lowest BCUT2D eigenvalue weighted by Crippen LogP contribution is -2.14. The normalized spacial score (nSPS) is 11.1. The molecule has 0 spiro atoms. The minimum Gasteiger partial charge on any atom is -0.495 e. The summed E-state index contributed by atoms with van der Waals surface area (Å²) in [7, 11) is -2.70. The van der Waals surface area contributed by atoms with Crippen LogP contribution in [0.5, 0.6) is 11.5 Å². The zero-order chi connectivity index (χ0) is 20.0. The second kappa shape index (κ2) is 8.75. The van der Waals surface area contributed by atoms with Crippen molar-refractivity contribution in [3.8, 4) is 11.5 Å². The van der Waals surface area contributed by atoms with E-state index < -0.39 is 15.8 Å². The molecule has 0 radical (unpaired) electrons. The fourth-order valence-corrected chi connectivity index (χ4v) is 3.88. The minimum absolute atomic E-state index is 0.0594. The van der Waals surface area contributed by atoms with Crippen LogP contribution in [0.2, 0.25) is 0 Å². The molecule has 0 aliphatic rings. The van der Waals surface area contributed by atoms with Gasteiger partial charge in [-0.05, 0) is 35.9 Å². The van der Waals surface area contributed by atoms with Crippen molar-refractivity contribution in [2.24, 2.45) is 0 Å². The standard InChI is InChI=1S/C21H20FNO4S/c1-26-20-11-10-17(22)14-21(20)28(24,25)23-18-8-5-9-19(15-18)27-13-12-16-6-3-2-4-7-16/h2-11,14-15,23H,12-13H2,1H3. The summed E-state index contributed by atoms with van der Waals surface area (Å²) in [6.07, 6.45) is 0.733. The SMILES string of the molecule is COc1ccc(F)cc1S(=O)(=O)Nc1cccc(OCCc2ccccc2)c1. The van der Waals surface area contributed by atoms with Gasteiger partial charge in [0.15, 0.2) is 0 Å². The first-order valence-corrected chi connectivity index (χ1v) is 10.1. The van der Waals surface area contributed by atoms with Gasteiger partial charge < -0.3 is 9.47 Å². The summed E-state index contributed by atoms with van der Waals surface area (Å²) in [6, 6.07) is 19.8. The molecule has 0 fully saturated rings. The minimum atomic E-state index is -4.03. The second-order valence-electron chi connectivity index (χ2n) is 6.01. The molecule has 0 bridgehead atoms. The number of nitrogens with one attached hydrogen (secondary N) is 1. The molecule has 0 amide bonds. The van der Waals surface area contributed by atoms with E-state index in [1.807, 2.05) is 30.3 Å². The summed E-state index contributed by atoms with van der Waals surface area (Å²) in [6.45, 7) is 0.456. The summed E-state index contributed by atoms with van der Waals surface area (Å²) in [5.41, 5.74) is 1.46. The van der Waals surface area contributed by atoms with Crippen LogP contribution in [-0.2, 0) is 16.4 Å². The average molecular weight is 401 g/mol. The number of rotatable bonds is 8. The lowest BCUT2D eigenvalue weighted by molar-refractivity contribution is 0.322. The topological polar surface area (TPSA) is 64.6 Å². The van der Waals surface area contributed by atoms with Crippen LogP contribution in [-0.4, -0.2) is 22.1 Å². The maximum Gasteiger partial charge on any atom is 0.265 e. The molecular weight excluding hydrogens is 381 g/mol. The molecule has 0 aliphatic carbocycles. The Kier molecular flexibility index (Phi) is 6.16. The van der Waals surface area contributed by atoms with Crippen molar-refractivity contribution in [2.75, 3.05) is 18.4 Å². The van der Waals surface area contributed by atoms with Gasteiger partial charge in [-0.25, -0.2) is 12.8 Å². The van der Waals surface area contributed by atoms with Gasteiger partial charge in [0.25, 0.3) is 10.0 Å². The van der Waals surface area contributed by atoms with Gasteiger partial charge >= 0.3 is 0 Å². The molecule has 0 aromatic heterocycles. The summed E-state index contributed by atoms with van der Waals surface area (Å²) < 4.78 is 52.0. The van der Waals surface area contributed by atoms with E-state index in [2.05, 4.69) is 4.72 Å². The van der Waals surface area contributed by atoms with Crippen molar-refractivity contribution < 1.29 is 22.3 Å². The van der Waals surface area contributed by atoms with Crippen LogP contribution in [0, 0.1) is 5.82 Å². The highest BCUT2D eigenvalue weighted by atomic mass is 32.2. The smallest absolute Gasteiger partial charge is 0.265 e. The molecule has 0 saturated carbocycles. The van der Waals surface area contributed by atoms with E-state index in [4.69, 9.17) is 9.47 Å². The summed E-state index contributed by atoms with van der Waals surface area (Å²) in [4.78, 5) is -0.273. The maximum absolute atomic E-state index is 13.5. The Morgan fingerprint density at radius 2 is 1.75 bits per heavy atom. The number of halogens is 1. The number of methoxy groups -OCH3 is 1. The van der Waals surface area contributed by atoms with E-state index in [-0.39, 0.29) is 10.6 Å². The Balaban J connectivity index is 1.71. The molecule has 1 N–H and O–H groups in total. The van der Waals surface area contributed by atoms with Crippen LogP contribution in [0.4, 0.5) is 10.1 Å². The molecule has 5 nitrogen and oxygen atoms in total. The van der Waals surface area contributed by atoms with Crippen LogP contribution in [0.15, 0.2) is 77.7 Å². The number of ether oxygens (including phenoxy) is 2. The van der Waals surface area contributed by atoms with E-state index in [0.717, 1.165) is 24.1 Å². The highest BCUT2D eigenvalue weighted by molar-refractivity contribution is 7.92. The second-order valence-corrected chi connectivity index (χ2v) is 7.66. The molecule has 0 saturated heterocycles. The first-order valence-electron chi connectivity index (χ1n) is 8.61. The quantitative estimate of drug-likeness (QED) is 0.613. The van der Waals surface area contributed by atoms with Gasteiger partial charge in [0.1, 0.15) is 22.2 Å². The van der Waals surface area contributed by atoms with E-state index in [1.54, 1.807) is 24.3 Å². The molecule has 0 unspecified atom stereocenters. The van der Waals surface area contributed by atoms with E-state index in [9.17, 15) is 12.8 Å². The van der Waals surface area contributed by atoms with Crippen molar-refractivity contribution in [1.29, 1.82) is 0 Å². The van der Waals surface area contributed by atoms with Crippen LogP contribution in [0.1, 0.15) is 5.56 Å². The van der Waals surface area contributed by atoms with E-state index in [1.165, 1.54) is 13.2 Å². The largest absolute Gasteiger partial charge is 0.495 e. The molecule has 3 aromatic rings. The van der Waals surface area contributed by atoms with Crippen LogP contribution < -0.4 is 14.2 Å². The first-order chi connectivity index (χ1) is 13.5. The molecule has 28 heavy (non-hydrogen) atoms. The molecular formula is C21H20FNO4S. The van der Waals surface area contributed by atoms with Crippen molar-refractivity contribution in [3.05, 3.63) is 84.2 Å². The van der Waals surface area contributed by atoms with Gasteiger partial charge in [0.2, 0.25) is 0 Å². The number of sulfonamides is 1. The molecule has 146 valence electrons. The van der Waals surface area contributed by atoms with Gasteiger partial charge in [-0.1, -0.05) is 36.4 Å². The molecule has 7 heteroatoms. The zero-order valence-electron chi connectivity index (χ0n) is 15.3. The Hall–Kier alpha value is -3.06. The fourth-order valence-electron chi connectivity index (χ4n) is 2.65. The Morgan fingerprint density at radius 3 is 2.50 bits per heavy atom. The predicted octanol–water partition coefficient (Wildman–Crippen LogP) is 4.26. The van der Waals surface area contributed by atoms with E-state index >= 15 is 0 Å². The third kappa shape index (κ3) is 5.01. The van der Waals surface area contributed by atoms with Crippen molar-refractivity contribution in [1.82, 2.24) is 0 Å². The molecule has 0 atom stereocenters. The number of benzene rings is 3. The Labute approximate surface area is 163 Å². The predicted molar refractivity (Wildman–Crippen MR) is 106 cm³/mol. The van der Waals surface area contributed by atoms with E-state index in [0.29, 0.717) is 18.0 Å². The third-order valence-electron chi connectivity index (χ3n) is 4.00. The highest BCUT2D eigenvalue weighted by Crippen LogP contribution is 2.27. The Morgan fingerprint density at radius 1 is 0.964 bits per heavy atom. The van der Waals surface area contributed by atoms with Crippen molar-refractivity contribution in [3.63, 3.8) is 0 Å². The van der Waals surface area contributed by atoms with Crippen molar-refractivity contribution >= 4 is 15.7 Å². The van der Waals surface area contributed by atoms with Crippen LogP contribution in [0.25, 0.3) is 0 Å². The molecule has 0 heterocycles. The van der Waals surface area contributed by atoms with Gasteiger partial charge in [-0.15, -0.1) is 0 Å². The lowest BCUT2D eigenvalue weighted by Gasteiger charge is -2.13. The first kappa shape index (κ1) is 19.7. The Bertz CT molecular complexity index is 1040. The summed E-state index contributed by atoms with van der Waals surface area (Å²) >= 11 is 0. The average Bonchev–Trinajstić information content (AvgIpc) is 2.69. The lowest BCUT2D eigenvalue weighted by atomic mass is 10.2.